The number of amides is 2. The fourth-order valence-corrected chi connectivity index (χ4v) is 3.78. The third kappa shape index (κ3) is 4.39. The fraction of sp³-hybridized carbons (Fsp3) is 0.444. The van der Waals surface area contributed by atoms with Crippen LogP contribution in [-0.2, 0) is 13.6 Å². The average molecular weight is 441 g/mol. The molecule has 1 aromatic heterocycles. The van der Waals surface area contributed by atoms with Gasteiger partial charge in [-0.15, -0.1) is 0 Å². The Hall–Kier alpha value is -1.57. The number of aryl methyl sites for hydroxylation is 2. The van der Waals surface area contributed by atoms with Gasteiger partial charge in [0.05, 0.1) is 11.4 Å². The molecule has 0 radical (unpaired) electrons. The van der Waals surface area contributed by atoms with Crippen molar-refractivity contribution >= 4 is 39.2 Å². The van der Waals surface area contributed by atoms with Gasteiger partial charge in [0.25, 0.3) is 0 Å². The normalized spacial score (nSPS) is 15.8. The SMILES string of the molecule is Cc1nn(C)c(Cl)c1CN1CCCN(C(=O)Nc2ccccc2Br)CC1. The van der Waals surface area contributed by atoms with Crippen LogP contribution < -0.4 is 5.32 Å². The number of hydrogen-bond acceptors (Lipinski definition) is 3. The smallest absolute Gasteiger partial charge is 0.321 e. The predicted octanol–water partition coefficient (Wildman–Crippen LogP) is 3.88. The van der Waals surface area contributed by atoms with Crippen LogP contribution in [0.3, 0.4) is 0 Å². The van der Waals surface area contributed by atoms with Crippen LogP contribution >= 0.6 is 27.5 Å². The third-order valence-electron chi connectivity index (χ3n) is 4.64. The molecular weight excluding hydrogens is 418 g/mol. The number of benzene rings is 1. The topological polar surface area (TPSA) is 53.4 Å². The highest BCUT2D eigenvalue weighted by atomic mass is 79.9. The first-order chi connectivity index (χ1) is 12.5. The Morgan fingerprint density at radius 1 is 1.27 bits per heavy atom. The first-order valence-corrected chi connectivity index (χ1v) is 9.83. The molecule has 0 spiro atoms. The molecule has 0 saturated carbocycles. The Kier molecular flexibility index (Phi) is 6.21. The first-order valence-electron chi connectivity index (χ1n) is 8.66. The van der Waals surface area contributed by atoms with Gasteiger partial charge in [-0.25, -0.2) is 4.79 Å². The van der Waals surface area contributed by atoms with Gasteiger partial charge >= 0.3 is 6.03 Å². The lowest BCUT2D eigenvalue weighted by Gasteiger charge is -2.22. The summed E-state index contributed by atoms with van der Waals surface area (Å²) in [5.74, 6) is 0. The van der Waals surface area contributed by atoms with Gasteiger partial charge in [-0.3, -0.25) is 9.58 Å². The van der Waals surface area contributed by atoms with Gasteiger partial charge in [0, 0.05) is 49.8 Å². The van der Waals surface area contributed by atoms with Crippen molar-refractivity contribution in [2.24, 2.45) is 7.05 Å². The molecular formula is C18H23BrClN5O. The second kappa shape index (κ2) is 8.41. The third-order valence-corrected chi connectivity index (χ3v) is 5.81. The monoisotopic (exact) mass is 439 g/mol. The summed E-state index contributed by atoms with van der Waals surface area (Å²) in [5, 5.41) is 8.05. The summed E-state index contributed by atoms with van der Waals surface area (Å²) < 4.78 is 2.59. The highest BCUT2D eigenvalue weighted by Gasteiger charge is 2.21. The van der Waals surface area contributed by atoms with Crippen LogP contribution in [0.2, 0.25) is 5.15 Å². The highest BCUT2D eigenvalue weighted by Crippen LogP contribution is 2.23. The van der Waals surface area contributed by atoms with E-state index < -0.39 is 0 Å². The van der Waals surface area contributed by atoms with Gasteiger partial charge in [0.2, 0.25) is 0 Å². The summed E-state index contributed by atoms with van der Waals surface area (Å²) in [6.45, 7) is 5.92. The number of carbonyl (C=O) groups excluding carboxylic acids is 1. The molecule has 1 N–H and O–H groups in total. The van der Waals surface area contributed by atoms with Gasteiger partial charge in [-0.1, -0.05) is 23.7 Å². The fourth-order valence-electron chi connectivity index (χ4n) is 3.17. The van der Waals surface area contributed by atoms with E-state index in [2.05, 4.69) is 31.2 Å². The Balaban J connectivity index is 1.59. The molecule has 1 aromatic carbocycles. The molecule has 140 valence electrons. The van der Waals surface area contributed by atoms with Crippen molar-refractivity contribution in [3.8, 4) is 0 Å². The lowest BCUT2D eigenvalue weighted by Crippen LogP contribution is -2.38. The summed E-state index contributed by atoms with van der Waals surface area (Å²) in [6.07, 6.45) is 0.931. The minimum Gasteiger partial charge on any atom is -0.323 e. The van der Waals surface area contributed by atoms with E-state index in [0.717, 1.165) is 54.0 Å². The minimum atomic E-state index is -0.0608. The number of anilines is 1. The summed E-state index contributed by atoms with van der Waals surface area (Å²) in [7, 11) is 1.86. The maximum absolute atomic E-state index is 12.6. The van der Waals surface area contributed by atoms with Crippen LogP contribution in [0.4, 0.5) is 10.5 Å². The number of urea groups is 1. The lowest BCUT2D eigenvalue weighted by molar-refractivity contribution is 0.211. The molecule has 0 unspecified atom stereocenters. The van der Waals surface area contributed by atoms with Crippen molar-refractivity contribution in [1.82, 2.24) is 19.6 Å². The van der Waals surface area contributed by atoms with E-state index in [-0.39, 0.29) is 6.03 Å². The molecule has 0 aliphatic carbocycles. The second-order valence-corrected chi connectivity index (χ2v) is 7.72. The molecule has 0 bridgehead atoms. The van der Waals surface area contributed by atoms with Crippen LogP contribution in [0, 0.1) is 6.92 Å². The van der Waals surface area contributed by atoms with Crippen molar-refractivity contribution in [2.75, 3.05) is 31.5 Å². The van der Waals surface area contributed by atoms with Gasteiger partial charge in [0.1, 0.15) is 5.15 Å². The van der Waals surface area contributed by atoms with Crippen molar-refractivity contribution in [2.45, 2.75) is 19.9 Å². The number of aromatic nitrogens is 2. The molecule has 1 saturated heterocycles. The maximum atomic E-state index is 12.6. The van der Waals surface area contributed by atoms with Crippen molar-refractivity contribution in [3.05, 3.63) is 45.1 Å². The van der Waals surface area contributed by atoms with Gasteiger partial charge in [0.15, 0.2) is 0 Å². The summed E-state index contributed by atoms with van der Waals surface area (Å²) in [6, 6.07) is 7.58. The molecule has 3 rings (SSSR count). The number of carbonyl (C=O) groups is 1. The molecule has 8 heteroatoms. The molecule has 1 aliphatic heterocycles. The number of para-hydroxylation sites is 1. The summed E-state index contributed by atoms with van der Waals surface area (Å²) >= 11 is 9.82. The molecule has 2 amide bonds. The average Bonchev–Trinajstić information content (AvgIpc) is 2.80. The van der Waals surface area contributed by atoms with E-state index in [1.54, 1.807) is 4.68 Å². The quantitative estimate of drug-likeness (QED) is 0.788. The number of halogens is 2. The van der Waals surface area contributed by atoms with E-state index >= 15 is 0 Å². The Morgan fingerprint density at radius 2 is 2.04 bits per heavy atom. The van der Waals surface area contributed by atoms with Crippen molar-refractivity contribution in [1.29, 1.82) is 0 Å². The van der Waals surface area contributed by atoms with Crippen molar-refractivity contribution < 1.29 is 4.79 Å². The zero-order valence-electron chi connectivity index (χ0n) is 15.0. The molecule has 2 aromatic rings. The van der Waals surface area contributed by atoms with Gasteiger partial charge in [-0.05, 0) is 41.4 Å². The maximum Gasteiger partial charge on any atom is 0.321 e. The van der Waals surface area contributed by atoms with E-state index in [0.29, 0.717) is 11.7 Å². The minimum absolute atomic E-state index is 0.0608. The van der Waals surface area contributed by atoms with Crippen LogP contribution in [-0.4, -0.2) is 51.8 Å². The molecule has 6 nitrogen and oxygen atoms in total. The van der Waals surface area contributed by atoms with Gasteiger partial charge in [-0.2, -0.15) is 5.10 Å². The highest BCUT2D eigenvalue weighted by molar-refractivity contribution is 9.10. The standard InChI is InChI=1S/C18H23BrClN5O/c1-13-14(17(20)23(2)22-13)12-24-8-5-9-25(11-10-24)18(26)21-16-7-4-3-6-15(16)19/h3-4,6-7H,5,8-12H2,1-2H3,(H,21,26). The number of nitrogens with one attached hydrogen (secondary N) is 1. The number of rotatable bonds is 3. The van der Waals surface area contributed by atoms with Gasteiger partial charge < -0.3 is 10.2 Å². The molecule has 26 heavy (non-hydrogen) atoms. The van der Waals surface area contributed by atoms with Crippen LogP contribution in [0.1, 0.15) is 17.7 Å². The Labute approximate surface area is 167 Å². The molecule has 2 heterocycles. The van der Waals surface area contributed by atoms with Crippen LogP contribution in [0.15, 0.2) is 28.7 Å². The molecule has 1 fully saturated rings. The second-order valence-electron chi connectivity index (χ2n) is 6.51. The zero-order chi connectivity index (χ0) is 18.7. The number of hydrogen-bond donors (Lipinski definition) is 1. The molecule has 1 aliphatic rings. The van der Waals surface area contributed by atoms with Crippen molar-refractivity contribution in [3.63, 3.8) is 0 Å². The zero-order valence-corrected chi connectivity index (χ0v) is 17.3. The van der Waals surface area contributed by atoms with E-state index in [4.69, 9.17) is 11.6 Å². The van der Waals surface area contributed by atoms with Crippen LogP contribution in [0.5, 0.6) is 0 Å². The van der Waals surface area contributed by atoms with Crippen LogP contribution in [0.25, 0.3) is 0 Å². The summed E-state index contributed by atoms with van der Waals surface area (Å²) in [4.78, 5) is 16.8. The number of nitrogens with zero attached hydrogens (tertiary/aromatic N) is 4. The first kappa shape index (κ1) is 19.2. The Bertz CT molecular complexity index is 794. The largest absolute Gasteiger partial charge is 0.323 e. The Morgan fingerprint density at radius 3 is 2.73 bits per heavy atom. The predicted molar refractivity (Wildman–Crippen MR) is 108 cm³/mol. The van der Waals surface area contributed by atoms with E-state index in [1.807, 2.05) is 43.1 Å². The lowest BCUT2D eigenvalue weighted by atomic mass is 10.2. The summed E-state index contributed by atoms with van der Waals surface area (Å²) in [5.41, 5.74) is 2.82. The van der Waals surface area contributed by atoms with E-state index in [1.165, 1.54) is 0 Å². The van der Waals surface area contributed by atoms with E-state index in [9.17, 15) is 4.79 Å². The molecule has 0 atom stereocenters.